The van der Waals surface area contributed by atoms with Crippen molar-refractivity contribution in [1.82, 2.24) is 9.78 Å². The van der Waals surface area contributed by atoms with Gasteiger partial charge in [0.1, 0.15) is 5.69 Å². The molecule has 0 atom stereocenters. The Labute approximate surface area is 180 Å². The summed E-state index contributed by atoms with van der Waals surface area (Å²) in [5.74, 6) is -0.532. The summed E-state index contributed by atoms with van der Waals surface area (Å²) in [7, 11) is 0. The van der Waals surface area contributed by atoms with Crippen LogP contribution in [0.5, 0.6) is 0 Å². The predicted octanol–water partition coefficient (Wildman–Crippen LogP) is 7.06. The van der Waals surface area contributed by atoms with E-state index in [1.807, 2.05) is 31.2 Å². The van der Waals surface area contributed by atoms with Gasteiger partial charge in [0.25, 0.3) is 0 Å². The number of halogens is 5. The molecule has 1 aliphatic rings. The van der Waals surface area contributed by atoms with E-state index >= 15 is 0 Å². The zero-order valence-corrected chi connectivity index (χ0v) is 17.8. The van der Waals surface area contributed by atoms with Crippen LogP contribution in [-0.2, 0) is 12.0 Å². The first-order chi connectivity index (χ1) is 14.2. The molecule has 2 nitrogen and oxygen atoms in total. The van der Waals surface area contributed by atoms with Crippen LogP contribution in [-0.4, -0.2) is 16.0 Å². The van der Waals surface area contributed by atoms with Crippen molar-refractivity contribution in [2.45, 2.75) is 37.9 Å². The van der Waals surface area contributed by atoms with E-state index in [0.29, 0.717) is 12.1 Å². The van der Waals surface area contributed by atoms with E-state index in [-0.39, 0.29) is 24.1 Å². The van der Waals surface area contributed by atoms with Gasteiger partial charge in [0.05, 0.1) is 12.0 Å². The summed E-state index contributed by atoms with van der Waals surface area (Å²) in [5, 5.41) is 4.34. The van der Waals surface area contributed by atoms with E-state index in [0.717, 1.165) is 15.7 Å². The van der Waals surface area contributed by atoms with Crippen LogP contribution in [0.25, 0.3) is 11.9 Å². The Morgan fingerprint density at radius 3 is 2.43 bits per heavy atom. The first kappa shape index (κ1) is 20.8. The van der Waals surface area contributed by atoms with Gasteiger partial charge in [-0.25, -0.2) is 4.39 Å². The number of nitrogens with zero attached hydrogens (tertiary/aromatic N) is 2. The zero-order chi connectivity index (χ0) is 21.5. The third-order valence-corrected chi connectivity index (χ3v) is 5.99. The Morgan fingerprint density at radius 1 is 1.13 bits per heavy atom. The van der Waals surface area contributed by atoms with E-state index in [9.17, 15) is 17.6 Å². The maximum Gasteiger partial charge on any atom is 0.398 e. The highest BCUT2D eigenvalue weighted by molar-refractivity contribution is 9.10. The minimum absolute atomic E-state index is 0.106. The van der Waals surface area contributed by atoms with Crippen molar-refractivity contribution in [3.05, 3.63) is 87.1 Å². The fourth-order valence-corrected chi connectivity index (χ4v) is 4.02. The lowest BCUT2D eigenvalue weighted by molar-refractivity contribution is -0.160. The third-order valence-electron chi connectivity index (χ3n) is 5.50. The fraction of sp³-hybridized carbons (Fsp3) is 0.261. The minimum atomic E-state index is -4.26. The lowest BCUT2D eigenvalue weighted by Gasteiger charge is -2.19. The molecular weight excluding hydrogens is 460 g/mol. The van der Waals surface area contributed by atoms with Crippen molar-refractivity contribution in [3.8, 4) is 0 Å². The molecule has 1 aliphatic carbocycles. The van der Waals surface area contributed by atoms with Crippen molar-refractivity contribution in [3.63, 3.8) is 0 Å². The monoisotopic (exact) mass is 478 g/mol. The summed E-state index contributed by atoms with van der Waals surface area (Å²) in [6.45, 7) is 2.36. The predicted molar refractivity (Wildman–Crippen MR) is 113 cm³/mol. The molecule has 0 aliphatic heterocycles. The van der Waals surface area contributed by atoms with Gasteiger partial charge in [0.15, 0.2) is 5.83 Å². The van der Waals surface area contributed by atoms with Crippen molar-refractivity contribution in [2.24, 2.45) is 0 Å². The second-order valence-electron chi connectivity index (χ2n) is 7.65. The first-order valence-corrected chi connectivity index (χ1v) is 10.3. The molecule has 3 aromatic rings. The highest BCUT2D eigenvalue weighted by Gasteiger charge is 2.64. The van der Waals surface area contributed by atoms with Gasteiger partial charge < -0.3 is 0 Å². The molecule has 0 unspecified atom stereocenters. The van der Waals surface area contributed by atoms with Crippen molar-refractivity contribution in [1.29, 1.82) is 0 Å². The molecule has 1 fully saturated rings. The molecule has 0 amide bonds. The molecule has 30 heavy (non-hydrogen) atoms. The molecular formula is C23H19BrF4N2. The smallest absolute Gasteiger partial charge is 0.265 e. The van der Waals surface area contributed by atoms with Crippen LogP contribution in [0.2, 0.25) is 0 Å². The molecule has 0 bridgehead atoms. The maximum absolute atomic E-state index is 14.8. The molecule has 1 heterocycles. The second-order valence-corrected chi connectivity index (χ2v) is 8.57. The minimum Gasteiger partial charge on any atom is -0.265 e. The number of aromatic nitrogens is 2. The van der Waals surface area contributed by atoms with Gasteiger partial charge in [0, 0.05) is 10.2 Å². The summed E-state index contributed by atoms with van der Waals surface area (Å²) in [6, 6.07) is 15.4. The van der Waals surface area contributed by atoms with Gasteiger partial charge in [-0.15, -0.1) is 0 Å². The Kier molecular flexibility index (Phi) is 5.34. The van der Waals surface area contributed by atoms with Gasteiger partial charge in [-0.3, -0.25) is 4.68 Å². The Morgan fingerprint density at radius 2 is 1.83 bits per heavy atom. The van der Waals surface area contributed by atoms with Crippen LogP contribution in [0.1, 0.15) is 40.9 Å². The fourth-order valence-electron chi connectivity index (χ4n) is 3.57. The van der Waals surface area contributed by atoms with E-state index in [1.54, 1.807) is 10.7 Å². The largest absolute Gasteiger partial charge is 0.398 e. The highest BCUT2D eigenvalue weighted by atomic mass is 79.9. The topological polar surface area (TPSA) is 17.8 Å². The molecule has 0 N–H and O–H groups in total. The van der Waals surface area contributed by atoms with Gasteiger partial charge in [-0.05, 0) is 60.7 Å². The first-order valence-electron chi connectivity index (χ1n) is 9.52. The summed E-state index contributed by atoms with van der Waals surface area (Å²) in [5.41, 5.74) is 1.04. The van der Waals surface area contributed by atoms with Gasteiger partial charge in [0.2, 0.25) is 0 Å². The number of aryl methyl sites for hydroxylation is 1. The SMILES string of the molecule is Cc1cc(C(F)=Cc2ccc(C3(C(F)(F)F)CC3)cc2)nn1Cc1cccc(Br)c1. The summed E-state index contributed by atoms with van der Waals surface area (Å²) in [4.78, 5) is 0. The Balaban J connectivity index is 1.53. The lowest BCUT2D eigenvalue weighted by Crippen LogP contribution is -2.28. The number of benzene rings is 2. The average Bonchev–Trinajstić information content (AvgIpc) is 3.42. The number of rotatable bonds is 5. The molecule has 0 radical (unpaired) electrons. The van der Waals surface area contributed by atoms with Gasteiger partial charge in [-0.2, -0.15) is 18.3 Å². The van der Waals surface area contributed by atoms with Crippen molar-refractivity contribution >= 4 is 27.8 Å². The van der Waals surface area contributed by atoms with Crippen molar-refractivity contribution in [2.75, 3.05) is 0 Å². The van der Waals surface area contributed by atoms with Crippen LogP contribution in [0.4, 0.5) is 17.6 Å². The molecule has 7 heteroatoms. The number of hydrogen-bond donors (Lipinski definition) is 0. The second kappa shape index (κ2) is 7.69. The molecule has 4 rings (SSSR count). The lowest BCUT2D eigenvalue weighted by atomic mass is 9.94. The van der Waals surface area contributed by atoms with E-state index < -0.39 is 17.4 Å². The van der Waals surface area contributed by atoms with Crippen LogP contribution < -0.4 is 0 Å². The highest BCUT2D eigenvalue weighted by Crippen LogP contribution is 2.58. The normalized spacial score (nSPS) is 16.0. The molecule has 1 saturated carbocycles. The van der Waals surface area contributed by atoms with E-state index in [2.05, 4.69) is 21.0 Å². The van der Waals surface area contributed by atoms with Crippen LogP contribution in [0.15, 0.2) is 59.1 Å². The van der Waals surface area contributed by atoms with Crippen LogP contribution >= 0.6 is 15.9 Å². The quantitative estimate of drug-likeness (QED) is 0.358. The molecule has 0 saturated heterocycles. The average molecular weight is 479 g/mol. The molecule has 2 aromatic carbocycles. The zero-order valence-electron chi connectivity index (χ0n) is 16.2. The molecule has 1 aromatic heterocycles. The Hall–Kier alpha value is -2.41. The summed E-state index contributed by atoms with van der Waals surface area (Å²) >= 11 is 3.43. The molecule has 0 spiro atoms. The molecule has 156 valence electrons. The van der Waals surface area contributed by atoms with Gasteiger partial charge >= 0.3 is 6.18 Å². The van der Waals surface area contributed by atoms with Crippen LogP contribution in [0.3, 0.4) is 0 Å². The third kappa shape index (κ3) is 4.08. The van der Waals surface area contributed by atoms with Crippen molar-refractivity contribution < 1.29 is 17.6 Å². The van der Waals surface area contributed by atoms with E-state index in [4.69, 9.17) is 0 Å². The maximum atomic E-state index is 14.8. The van der Waals surface area contributed by atoms with E-state index in [1.165, 1.54) is 30.3 Å². The Bertz CT molecular complexity index is 1090. The standard InChI is InChI=1S/C23H19BrF4N2/c1-15-11-21(29-30(15)14-17-3-2-4-19(24)12-17)20(25)13-16-5-7-18(8-6-16)22(9-10-22)23(26,27)28/h2-8,11-13H,9-10,14H2,1H3. The summed E-state index contributed by atoms with van der Waals surface area (Å²) < 4.78 is 57.2. The van der Waals surface area contributed by atoms with Crippen LogP contribution in [0, 0.1) is 6.92 Å². The number of alkyl halides is 3. The number of hydrogen-bond acceptors (Lipinski definition) is 1. The van der Waals surface area contributed by atoms with Gasteiger partial charge in [-0.1, -0.05) is 52.3 Å². The summed E-state index contributed by atoms with van der Waals surface area (Å²) in [6.07, 6.45) is -2.75.